The lowest BCUT2D eigenvalue weighted by Gasteiger charge is -2.07. The summed E-state index contributed by atoms with van der Waals surface area (Å²) in [6, 6.07) is 15.3. The Hall–Kier alpha value is -3.15. The molecule has 0 saturated heterocycles. The monoisotopic (exact) mass is 362 g/mol. The van der Waals surface area contributed by atoms with Crippen molar-refractivity contribution < 1.29 is 4.79 Å². The van der Waals surface area contributed by atoms with Crippen molar-refractivity contribution in [2.45, 2.75) is 39.2 Å². The molecule has 6 nitrogen and oxygen atoms in total. The van der Waals surface area contributed by atoms with Gasteiger partial charge in [0, 0.05) is 11.6 Å². The number of hydrogen-bond acceptors (Lipinski definition) is 3. The average molecular weight is 362 g/mol. The highest BCUT2D eigenvalue weighted by Gasteiger charge is 2.31. The minimum absolute atomic E-state index is 0.106. The molecule has 6 heteroatoms. The van der Waals surface area contributed by atoms with Gasteiger partial charge in [-0.2, -0.15) is 5.10 Å². The normalized spacial score (nSPS) is 13.6. The van der Waals surface area contributed by atoms with Gasteiger partial charge in [-0.3, -0.25) is 4.79 Å². The second-order valence-corrected chi connectivity index (χ2v) is 7.17. The molecule has 1 fully saturated rings. The molecule has 1 saturated carbocycles. The van der Waals surface area contributed by atoms with Crippen LogP contribution in [0.4, 0.5) is 5.69 Å². The molecule has 138 valence electrons. The molecular weight excluding hydrogens is 340 g/mol. The molecule has 1 aliphatic rings. The van der Waals surface area contributed by atoms with Gasteiger partial charge in [-0.1, -0.05) is 24.3 Å². The van der Waals surface area contributed by atoms with E-state index < -0.39 is 0 Å². The molecule has 0 spiro atoms. The second kappa shape index (κ2) is 6.87. The molecule has 1 heterocycles. The van der Waals surface area contributed by atoms with Gasteiger partial charge in [-0.15, -0.1) is 0 Å². The molecule has 1 aliphatic carbocycles. The van der Waals surface area contributed by atoms with Crippen molar-refractivity contribution in [1.29, 1.82) is 0 Å². The summed E-state index contributed by atoms with van der Waals surface area (Å²) in [6.45, 7) is 3.86. The van der Waals surface area contributed by atoms with E-state index in [0.29, 0.717) is 5.92 Å². The van der Waals surface area contributed by atoms with E-state index in [4.69, 9.17) is 0 Å². The number of carbonyl (C=O) groups is 1. The van der Waals surface area contributed by atoms with Crippen LogP contribution in [0.15, 0.2) is 53.3 Å². The van der Waals surface area contributed by atoms with Gasteiger partial charge in [-0.25, -0.2) is 14.0 Å². The lowest BCUT2D eigenvalue weighted by atomic mass is 10.1. The first-order valence-corrected chi connectivity index (χ1v) is 9.14. The number of aromatic nitrogens is 3. The number of carbonyl (C=O) groups excluding carboxylic acids is 1. The highest BCUT2D eigenvalue weighted by atomic mass is 16.2. The van der Waals surface area contributed by atoms with Crippen LogP contribution in [0, 0.1) is 13.8 Å². The highest BCUT2D eigenvalue weighted by Crippen LogP contribution is 2.39. The summed E-state index contributed by atoms with van der Waals surface area (Å²) in [4.78, 5) is 25.4. The standard InChI is InChI=1S/C21H22N4O2/c1-14-10-15(2)12-17(11-14)22-19(26)13-24-21(27)25(18-6-4-3-5-7-18)20(23-24)16-8-9-16/h3-7,10-12,16H,8-9,13H2,1-2H3,(H,22,26). The molecular formula is C21H22N4O2. The number of nitrogens with zero attached hydrogens (tertiary/aromatic N) is 3. The fraction of sp³-hybridized carbons (Fsp3) is 0.286. The number of benzene rings is 2. The Labute approximate surface area is 157 Å². The van der Waals surface area contributed by atoms with E-state index in [1.54, 1.807) is 4.57 Å². The predicted octanol–water partition coefficient (Wildman–Crippen LogP) is 3.17. The maximum Gasteiger partial charge on any atom is 0.351 e. The van der Waals surface area contributed by atoms with Crippen molar-refractivity contribution in [2.75, 3.05) is 5.32 Å². The van der Waals surface area contributed by atoms with Gasteiger partial charge < -0.3 is 5.32 Å². The van der Waals surface area contributed by atoms with Crippen molar-refractivity contribution in [3.8, 4) is 5.69 Å². The van der Waals surface area contributed by atoms with Crippen molar-refractivity contribution >= 4 is 11.6 Å². The van der Waals surface area contributed by atoms with Gasteiger partial charge in [0.2, 0.25) is 5.91 Å². The number of aryl methyl sites for hydroxylation is 2. The molecule has 1 amide bonds. The number of hydrogen-bond donors (Lipinski definition) is 1. The van der Waals surface area contributed by atoms with E-state index in [1.165, 1.54) is 4.68 Å². The fourth-order valence-corrected chi connectivity index (χ4v) is 3.34. The van der Waals surface area contributed by atoms with Crippen LogP contribution in [0.1, 0.15) is 35.7 Å². The first-order valence-electron chi connectivity index (χ1n) is 9.14. The van der Waals surface area contributed by atoms with Crippen LogP contribution in [0.5, 0.6) is 0 Å². The van der Waals surface area contributed by atoms with E-state index in [-0.39, 0.29) is 18.1 Å². The van der Waals surface area contributed by atoms with Crippen molar-refractivity contribution in [3.63, 3.8) is 0 Å². The number of rotatable bonds is 5. The van der Waals surface area contributed by atoms with E-state index >= 15 is 0 Å². The van der Waals surface area contributed by atoms with Crippen molar-refractivity contribution in [3.05, 3.63) is 76.0 Å². The zero-order chi connectivity index (χ0) is 19.0. The summed E-state index contributed by atoms with van der Waals surface area (Å²) in [5.74, 6) is 0.772. The Morgan fingerprint density at radius 2 is 1.78 bits per heavy atom. The topological polar surface area (TPSA) is 68.9 Å². The third-order valence-corrected chi connectivity index (χ3v) is 4.62. The Morgan fingerprint density at radius 3 is 2.41 bits per heavy atom. The number of nitrogens with one attached hydrogen (secondary N) is 1. The molecule has 2 aromatic carbocycles. The maximum atomic E-state index is 12.9. The van der Waals surface area contributed by atoms with Crippen LogP contribution in [-0.4, -0.2) is 20.3 Å². The fourth-order valence-electron chi connectivity index (χ4n) is 3.34. The minimum atomic E-state index is -0.279. The minimum Gasteiger partial charge on any atom is -0.324 e. The van der Waals surface area contributed by atoms with Gasteiger partial charge in [0.15, 0.2) is 0 Å². The van der Waals surface area contributed by atoms with Crippen LogP contribution in [0.3, 0.4) is 0 Å². The Morgan fingerprint density at radius 1 is 1.11 bits per heavy atom. The summed E-state index contributed by atoms with van der Waals surface area (Å²) < 4.78 is 2.89. The van der Waals surface area contributed by atoms with Crippen molar-refractivity contribution in [1.82, 2.24) is 14.3 Å². The van der Waals surface area contributed by atoms with Gasteiger partial charge in [0.1, 0.15) is 12.4 Å². The molecule has 3 aromatic rings. The van der Waals surface area contributed by atoms with E-state index in [1.807, 2.05) is 62.4 Å². The lowest BCUT2D eigenvalue weighted by Crippen LogP contribution is -2.29. The lowest BCUT2D eigenvalue weighted by molar-refractivity contribution is -0.117. The Bertz CT molecular complexity index is 1030. The summed E-state index contributed by atoms with van der Waals surface area (Å²) in [5, 5.41) is 7.34. The van der Waals surface area contributed by atoms with Gasteiger partial charge in [0.05, 0.1) is 5.69 Å². The predicted molar refractivity (Wildman–Crippen MR) is 104 cm³/mol. The van der Waals surface area contributed by atoms with E-state index in [2.05, 4.69) is 10.4 Å². The van der Waals surface area contributed by atoms with Crippen LogP contribution in [0.25, 0.3) is 5.69 Å². The molecule has 1 N–H and O–H groups in total. The largest absolute Gasteiger partial charge is 0.351 e. The maximum absolute atomic E-state index is 12.9. The van der Waals surface area contributed by atoms with Crippen LogP contribution in [0.2, 0.25) is 0 Å². The molecule has 4 rings (SSSR count). The first kappa shape index (κ1) is 17.3. The van der Waals surface area contributed by atoms with Gasteiger partial charge in [0.25, 0.3) is 0 Å². The smallest absolute Gasteiger partial charge is 0.324 e. The molecule has 0 unspecified atom stereocenters. The SMILES string of the molecule is Cc1cc(C)cc(NC(=O)Cn2nc(C3CC3)n(-c3ccccc3)c2=O)c1. The summed E-state index contributed by atoms with van der Waals surface area (Å²) in [5.41, 5.74) is 3.39. The molecule has 0 atom stereocenters. The number of anilines is 1. The van der Waals surface area contributed by atoms with Gasteiger partial charge >= 0.3 is 5.69 Å². The van der Waals surface area contributed by atoms with Crippen LogP contribution < -0.4 is 11.0 Å². The number of amides is 1. The third-order valence-electron chi connectivity index (χ3n) is 4.62. The zero-order valence-corrected chi connectivity index (χ0v) is 15.5. The Balaban J connectivity index is 1.61. The molecule has 0 bridgehead atoms. The molecule has 0 aliphatic heterocycles. The molecule has 27 heavy (non-hydrogen) atoms. The summed E-state index contributed by atoms with van der Waals surface area (Å²) >= 11 is 0. The Kier molecular flexibility index (Phi) is 4.39. The summed E-state index contributed by atoms with van der Waals surface area (Å²) in [6.07, 6.45) is 2.05. The molecule has 0 radical (unpaired) electrons. The molecule has 1 aromatic heterocycles. The van der Waals surface area contributed by atoms with E-state index in [9.17, 15) is 9.59 Å². The van der Waals surface area contributed by atoms with Crippen LogP contribution >= 0.6 is 0 Å². The third kappa shape index (κ3) is 3.69. The highest BCUT2D eigenvalue weighted by molar-refractivity contribution is 5.90. The first-order chi connectivity index (χ1) is 13.0. The second-order valence-electron chi connectivity index (χ2n) is 7.17. The van der Waals surface area contributed by atoms with Crippen molar-refractivity contribution in [2.24, 2.45) is 0 Å². The number of para-hydroxylation sites is 1. The average Bonchev–Trinajstić information content (AvgIpc) is 3.40. The van der Waals surface area contributed by atoms with Crippen LogP contribution in [-0.2, 0) is 11.3 Å². The van der Waals surface area contributed by atoms with E-state index in [0.717, 1.165) is 41.2 Å². The summed E-state index contributed by atoms with van der Waals surface area (Å²) in [7, 11) is 0. The quantitative estimate of drug-likeness (QED) is 0.758. The zero-order valence-electron chi connectivity index (χ0n) is 15.5. The van der Waals surface area contributed by atoms with Gasteiger partial charge in [-0.05, 0) is 62.1 Å².